The number of anilines is 2. The Kier molecular flexibility index (Phi) is 4.31. The van der Waals surface area contributed by atoms with Crippen molar-refractivity contribution in [3.05, 3.63) is 71.0 Å². The molecule has 2 aromatic heterocycles. The molecule has 8 nitrogen and oxygen atoms in total. The van der Waals surface area contributed by atoms with E-state index in [2.05, 4.69) is 30.6 Å². The van der Waals surface area contributed by atoms with Crippen LogP contribution in [0.5, 0.6) is 0 Å². The van der Waals surface area contributed by atoms with Gasteiger partial charge in [0, 0.05) is 12.4 Å². The third-order valence-corrected chi connectivity index (χ3v) is 4.17. The number of hydrogen-bond acceptors (Lipinski definition) is 4. The first-order valence-corrected chi connectivity index (χ1v) is 8.35. The summed E-state index contributed by atoms with van der Waals surface area (Å²) < 4.78 is 0. The monoisotopic (exact) mass is 380 g/mol. The van der Waals surface area contributed by atoms with E-state index < -0.39 is 5.91 Å². The summed E-state index contributed by atoms with van der Waals surface area (Å²) in [5.41, 5.74) is 1.71. The molecule has 27 heavy (non-hydrogen) atoms. The van der Waals surface area contributed by atoms with Crippen molar-refractivity contribution in [3.63, 3.8) is 0 Å². The van der Waals surface area contributed by atoms with Crippen LogP contribution in [0.2, 0.25) is 5.02 Å². The highest BCUT2D eigenvalue weighted by Gasteiger charge is 2.16. The van der Waals surface area contributed by atoms with Crippen molar-refractivity contribution in [3.8, 4) is 0 Å². The largest absolute Gasteiger partial charge is 0.331 e. The average molecular weight is 381 g/mol. The Bertz CT molecular complexity index is 1140. The van der Waals surface area contributed by atoms with E-state index in [0.29, 0.717) is 33.1 Å². The van der Waals surface area contributed by atoms with Gasteiger partial charge in [0.25, 0.3) is 11.8 Å². The predicted molar refractivity (Wildman–Crippen MR) is 102 cm³/mol. The molecule has 2 amide bonds. The molecule has 0 aliphatic heterocycles. The van der Waals surface area contributed by atoms with Gasteiger partial charge in [-0.3, -0.25) is 20.2 Å². The summed E-state index contributed by atoms with van der Waals surface area (Å²) in [7, 11) is 0. The fraction of sp³-hybridized carbons (Fsp3) is 0. The number of nitrogens with one attached hydrogen (secondary N) is 4. The molecule has 4 aromatic rings. The topological polar surface area (TPSA) is 116 Å². The van der Waals surface area contributed by atoms with Crippen LogP contribution in [0.25, 0.3) is 11.0 Å². The van der Waals surface area contributed by atoms with Gasteiger partial charge < -0.3 is 9.97 Å². The molecular weight excluding hydrogens is 368 g/mol. The summed E-state index contributed by atoms with van der Waals surface area (Å²) in [4.78, 5) is 39.0. The van der Waals surface area contributed by atoms with Gasteiger partial charge in [-0.2, -0.15) is 0 Å². The van der Waals surface area contributed by atoms with Gasteiger partial charge in [0.2, 0.25) is 11.9 Å². The zero-order valence-electron chi connectivity index (χ0n) is 13.8. The zero-order valence-corrected chi connectivity index (χ0v) is 14.5. The molecule has 4 rings (SSSR count). The number of aromatic amines is 2. The Morgan fingerprint density at radius 2 is 1.67 bits per heavy atom. The summed E-state index contributed by atoms with van der Waals surface area (Å²) in [6, 6.07) is 11.8. The molecule has 0 aliphatic carbocycles. The number of carbonyl (C=O) groups is 2. The SMILES string of the molecule is O=C(Nc1nc2c(C(=O)Nc3ncc[nH]3)cccc2[nH]1)c1ccccc1Cl. The third-order valence-electron chi connectivity index (χ3n) is 3.84. The van der Waals surface area contributed by atoms with Gasteiger partial charge in [-0.15, -0.1) is 0 Å². The van der Waals surface area contributed by atoms with Crippen LogP contribution in [0, 0.1) is 0 Å². The van der Waals surface area contributed by atoms with Crippen molar-refractivity contribution in [2.75, 3.05) is 10.6 Å². The minimum atomic E-state index is -0.402. The average Bonchev–Trinajstić information content (AvgIpc) is 3.30. The Hall–Kier alpha value is -3.65. The van der Waals surface area contributed by atoms with Crippen molar-refractivity contribution >= 4 is 46.3 Å². The molecule has 0 spiro atoms. The van der Waals surface area contributed by atoms with Crippen molar-refractivity contribution in [2.24, 2.45) is 0 Å². The standard InChI is InChI=1S/C18H13ClN6O2/c19-12-6-2-1-4-10(12)15(26)25-18-22-13-7-3-5-11(14(13)23-18)16(27)24-17-20-8-9-21-17/h1-9H,(H2,20,21,24,27)(H2,22,23,25,26). The Balaban J connectivity index is 1.62. The number of aromatic nitrogens is 4. The first-order valence-electron chi connectivity index (χ1n) is 7.97. The Labute approximate surface area is 158 Å². The number of halogens is 1. The number of fused-ring (bicyclic) bond motifs is 1. The number of hydrogen-bond donors (Lipinski definition) is 4. The summed E-state index contributed by atoms with van der Waals surface area (Å²) in [6.45, 7) is 0. The summed E-state index contributed by atoms with van der Waals surface area (Å²) >= 11 is 6.05. The normalized spacial score (nSPS) is 10.7. The highest BCUT2D eigenvalue weighted by Crippen LogP contribution is 2.21. The van der Waals surface area contributed by atoms with Gasteiger partial charge in [-0.1, -0.05) is 29.8 Å². The Morgan fingerprint density at radius 3 is 2.44 bits per heavy atom. The van der Waals surface area contributed by atoms with Gasteiger partial charge >= 0.3 is 0 Å². The smallest absolute Gasteiger partial charge is 0.260 e. The molecule has 0 atom stereocenters. The van der Waals surface area contributed by atoms with Gasteiger partial charge in [-0.05, 0) is 24.3 Å². The molecule has 2 heterocycles. The summed E-state index contributed by atoms with van der Waals surface area (Å²) in [5.74, 6) is -0.222. The quantitative estimate of drug-likeness (QED) is 0.434. The third kappa shape index (κ3) is 3.38. The molecule has 0 bridgehead atoms. The molecule has 0 fully saturated rings. The summed E-state index contributed by atoms with van der Waals surface area (Å²) in [6.07, 6.45) is 3.14. The lowest BCUT2D eigenvalue weighted by molar-refractivity contribution is 0.101. The van der Waals surface area contributed by atoms with Crippen LogP contribution >= 0.6 is 11.6 Å². The van der Waals surface area contributed by atoms with Crippen LogP contribution in [0.4, 0.5) is 11.9 Å². The maximum atomic E-state index is 12.5. The van der Waals surface area contributed by atoms with Crippen LogP contribution in [0.3, 0.4) is 0 Å². The second-order valence-electron chi connectivity index (χ2n) is 5.61. The predicted octanol–water partition coefficient (Wildman–Crippen LogP) is 3.44. The maximum Gasteiger partial charge on any atom is 0.260 e. The maximum absolute atomic E-state index is 12.5. The number of amides is 2. The molecule has 9 heteroatoms. The lowest BCUT2D eigenvalue weighted by Gasteiger charge is -2.03. The number of carbonyl (C=O) groups excluding carboxylic acids is 2. The molecule has 0 aliphatic rings. The van der Waals surface area contributed by atoms with Crippen molar-refractivity contribution in [1.82, 2.24) is 19.9 Å². The van der Waals surface area contributed by atoms with Crippen molar-refractivity contribution in [2.45, 2.75) is 0 Å². The van der Waals surface area contributed by atoms with Crippen molar-refractivity contribution in [1.29, 1.82) is 0 Å². The molecule has 0 saturated carbocycles. The second kappa shape index (κ2) is 6.93. The van der Waals surface area contributed by atoms with Crippen LogP contribution in [-0.4, -0.2) is 31.8 Å². The summed E-state index contributed by atoms with van der Waals surface area (Å²) in [5, 5.41) is 5.65. The highest BCUT2D eigenvalue weighted by molar-refractivity contribution is 6.34. The van der Waals surface area contributed by atoms with Crippen molar-refractivity contribution < 1.29 is 9.59 Å². The van der Waals surface area contributed by atoms with E-state index in [9.17, 15) is 9.59 Å². The number of benzene rings is 2. The van der Waals surface area contributed by atoms with E-state index in [1.54, 1.807) is 48.7 Å². The van der Waals surface area contributed by atoms with E-state index in [4.69, 9.17) is 11.6 Å². The van der Waals surface area contributed by atoms with Gasteiger partial charge in [-0.25, -0.2) is 9.97 Å². The first-order chi connectivity index (χ1) is 13.1. The molecule has 4 N–H and O–H groups in total. The zero-order chi connectivity index (χ0) is 18.8. The van der Waals surface area contributed by atoms with E-state index in [-0.39, 0.29) is 11.9 Å². The van der Waals surface area contributed by atoms with E-state index in [1.807, 2.05) is 0 Å². The van der Waals surface area contributed by atoms with Gasteiger partial charge in [0.15, 0.2) is 0 Å². The molecule has 0 saturated heterocycles. The fourth-order valence-electron chi connectivity index (χ4n) is 2.60. The molecule has 0 radical (unpaired) electrons. The number of para-hydroxylation sites is 1. The number of imidazole rings is 2. The molecule has 0 unspecified atom stereocenters. The lowest BCUT2D eigenvalue weighted by atomic mass is 10.2. The van der Waals surface area contributed by atoms with Gasteiger partial charge in [0.05, 0.1) is 21.7 Å². The van der Waals surface area contributed by atoms with Crippen LogP contribution in [0.15, 0.2) is 54.9 Å². The van der Waals surface area contributed by atoms with Gasteiger partial charge in [0.1, 0.15) is 5.52 Å². The second-order valence-corrected chi connectivity index (χ2v) is 6.02. The van der Waals surface area contributed by atoms with E-state index in [1.165, 1.54) is 6.20 Å². The fourth-order valence-corrected chi connectivity index (χ4v) is 2.82. The van der Waals surface area contributed by atoms with Crippen LogP contribution in [0.1, 0.15) is 20.7 Å². The molecule has 134 valence electrons. The molecule has 2 aromatic carbocycles. The Morgan fingerprint density at radius 1 is 0.926 bits per heavy atom. The van der Waals surface area contributed by atoms with Crippen LogP contribution in [-0.2, 0) is 0 Å². The number of nitrogens with zero attached hydrogens (tertiary/aromatic N) is 2. The number of rotatable bonds is 4. The van der Waals surface area contributed by atoms with E-state index in [0.717, 1.165) is 0 Å². The highest BCUT2D eigenvalue weighted by atomic mass is 35.5. The molecular formula is C18H13ClN6O2. The minimum Gasteiger partial charge on any atom is -0.331 e. The van der Waals surface area contributed by atoms with E-state index >= 15 is 0 Å². The lowest BCUT2D eigenvalue weighted by Crippen LogP contribution is -2.14. The first kappa shape index (κ1) is 16.8. The minimum absolute atomic E-state index is 0.216. The number of H-pyrrole nitrogens is 2. The van der Waals surface area contributed by atoms with Crippen LogP contribution < -0.4 is 10.6 Å².